The molecule has 116 valence electrons. The molecule has 1 aliphatic heterocycles. The largest absolute Gasteiger partial charge is 0.380 e. The van der Waals surface area contributed by atoms with Crippen LogP contribution in [0.4, 0.5) is 0 Å². The minimum Gasteiger partial charge on any atom is -0.380 e. The van der Waals surface area contributed by atoms with E-state index in [9.17, 15) is 4.79 Å². The van der Waals surface area contributed by atoms with Gasteiger partial charge in [0.1, 0.15) is 0 Å². The molecule has 2 unspecified atom stereocenters. The number of piperidine rings is 1. The molecule has 3 nitrogen and oxygen atoms in total. The molecule has 0 amide bonds. The Morgan fingerprint density at radius 2 is 2.29 bits per heavy atom. The number of carbonyl (C=O) groups is 1. The van der Waals surface area contributed by atoms with Gasteiger partial charge in [0.05, 0.1) is 11.1 Å². The molecule has 5 heteroatoms. The molecule has 0 aromatic heterocycles. The number of halogens is 2. The molecule has 1 heterocycles. The number of ether oxygens (including phenoxy) is 1. The summed E-state index contributed by atoms with van der Waals surface area (Å²) in [6.07, 6.45) is 1.88. The predicted molar refractivity (Wildman–Crippen MR) is 89.1 cm³/mol. The number of benzene rings is 1. The van der Waals surface area contributed by atoms with E-state index < -0.39 is 0 Å². The highest BCUT2D eigenvalue weighted by Crippen LogP contribution is 2.23. The second-order valence-corrected chi connectivity index (χ2v) is 6.96. The summed E-state index contributed by atoms with van der Waals surface area (Å²) < 4.78 is 6.39. The van der Waals surface area contributed by atoms with Crippen LogP contribution in [0.1, 0.15) is 30.1 Å². The fourth-order valence-corrected chi connectivity index (χ4v) is 3.50. The maximum Gasteiger partial charge on any atom is 0.165 e. The summed E-state index contributed by atoms with van der Waals surface area (Å²) in [5.74, 6) is 0.683. The zero-order chi connectivity index (χ0) is 15.4. The van der Waals surface area contributed by atoms with Crippen LogP contribution >= 0.6 is 27.5 Å². The highest BCUT2D eigenvalue weighted by atomic mass is 79.9. The van der Waals surface area contributed by atoms with E-state index in [0.717, 1.165) is 30.5 Å². The number of hydrogen-bond acceptors (Lipinski definition) is 3. The van der Waals surface area contributed by atoms with Crippen molar-refractivity contribution < 1.29 is 9.53 Å². The highest BCUT2D eigenvalue weighted by molar-refractivity contribution is 9.10. The van der Waals surface area contributed by atoms with Gasteiger partial charge in [-0.2, -0.15) is 0 Å². The third kappa shape index (κ3) is 4.52. The van der Waals surface area contributed by atoms with Crippen molar-refractivity contribution in [1.82, 2.24) is 4.90 Å². The first kappa shape index (κ1) is 16.9. The Balaban J connectivity index is 1.89. The van der Waals surface area contributed by atoms with Gasteiger partial charge in [0.25, 0.3) is 0 Å². The van der Waals surface area contributed by atoms with Gasteiger partial charge >= 0.3 is 0 Å². The molecule has 0 radical (unpaired) electrons. The van der Waals surface area contributed by atoms with Gasteiger partial charge in [-0.05, 0) is 37.1 Å². The van der Waals surface area contributed by atoms with E-state index in [0.29, 0.717) is 22.9 Å². The molecule has 1 saturated heterocycles. The Hall–Kier alpha value is -0.420. The molecular weight excluding hydrogens is 354 g/mol. The number of likely N-dealkylation sites (tertiary alicyclic amines) is 1. The smallest absolute Gasteiger partial charge is 0.165 e. The molecule has 0 bridgehead atoms. The van der Waals surface area contributed by atoms with Crippen LogP contribution < -0.4 is 0 Å². The zero-order valence-corrected chi connectivity index (χ0v) is 14.8. The molecule has 2 atom stereocenters. The van der Waals surface area contributed by atoms with Crippen LogP contribution in [0.25, 0.3) is 0 Å². The Bertz CT molecular complexity index is 509. The summed E-state index contributed by atoms with van der Waals surface area (Å²) in [5, 5.41) is 0.511. The minimum absolute atomic E-state index is 0.0973. The molecule has 0 saturated carbocycles. The third-order valence-electron chi connectivity index (χ3n) is 4.16. The second-order valence-electron chi connectivity index (χ2n) is 5.64. The van der Waals surface area contributed by atoms with Crippen molar-refractivity contribution in [3.05, 3.63) is 33.3 Å². The topological polar surface area (TPSA) is 29.5 Å². The predicted octanol–water partition coefficient (Wildman–Crippen LogP) is 4.03. The van der Waals surface area contributed by atoms with Crippen molar-refractivity contribution in [2.75, 3.05) is 26.7 Å². The first-order chi connectivity index (χ1) is 10.0. The standard InChI is InChI=1S/C16H21BrClNO2/c1-11-5-7-19(10-16(11)21-2)8-6-15(20)13-4-3-12(17)9-14(13)18/h3-4,9,11,16H,5-8,10H2,1-2H3. The quantitative estimate of drug-likeness (QED) is 0.729. The van der Waals surface area contributed by atoms with E-state index in [-0.39, 0.29) is 11.9 Å². The van der Waals surface area contributed by atoms with Crippen molar-refractivity contribution in [2.24, 2.45) is 5.92 Å². The fourth-order valence-electron chi connectivity index (χ4n) is 2.72. The molecule has 0 aliphatic carbocycles. The van der Waals surface area contributed by atoms with Gasteiger partial charge in [0, 0.05) is 36.7 Å². The van der Waals surface area contributed by atoms with Crippen LogP contribution in [0.3, 0.4) is 0 Å². The summed E-state index contributed by atoms with van der Waals surface area (Å²) in [7, 11) is 1.76. The van der Waals surface area contributed by atoms with Crippen LogP contribution in [0.15, 0.2) is 22.7 Å². The molecule has 1 aromatic rings. The second kappa shape index (κ2) is 7.73. The summed E-state index contributed by atoms with van der Waals surface area (Å²) >= 11 is 9.48. The van der Waals surface area contributed by atoms with Gasteiger partial charge in [0.2, 0.25) is 0 Å². The van der Waals surface area contributed by atoms with Crippen molar-refractivity contribution in [1.29, 1.82) is 0 Å². The lowest BCUT2D eigenvalue weighted by atomic mass is 9.95. The summed E-state index contributed by atoms with van der Waals surface area (Å²) in [4.78, 5) is 14.6. The fraction of sp³-hybridized carbons (Fsp3) is 0.562. The Morgan fingerprint density at radius 1 is 1.52 bits per heavy atom. The summed E-state index contributed by atoms with van der Waals surface area (Å²) in [5.41, 5.74) is 0.605. The maximum atomic E-state index is 12.3. The average Bonchev–Trinajstić information content (AvgIpc) is 2.46. The van der Waals surface area contributed by atoms with E-state index in [1.165, 1.54) is 0 Å². The third-order valence-corrected chi connectivity index (χ3v) is 4.97. The van der Waals surface area contributed by atoms with Crippen molar-refractivity contribution in [3.63, 3.8) is 0 Å². The average molecular weight is 375 g/mol. The number of ketones is 1. The van der Waals surface area contributed by atoms with Crippen molar-refractivity contribution >= 4 is 33.3 Å². The molecule has 1 aromatic carbocycles. The molecule has 0 spiro atoms. The Morgan fingerprint density at radius 3 is 2.95 bits per heavy atom. The van der Waals surface area contributed by atoms with Crippen LogP contribution in [0.5, 0.6) is 0 Å². The lowest BCUT2D eigenvalue weighted by molar-refractivity contribution is -0.00479. The van der Waals surface area contributed by atoms with E-state index in [1.54, 1.807) is 19.2 Å². The number of carbonyl (C=O) groups excluding carboxylic acids is 1. The van der Waals surface area contributed by atoms with E-state index in [2.05, 4.69) is 27.8 Å². The number of rotatable bonds is 5. The van der Waals surface area contributed by atoms with Gasteiger partial charge < -0.3 is 9.64 Å². The van der Waals surface area contributed by atoms with E-state index >= 15 is 0 Å². The van der Waals surface area contributed by atoms with Crippen LogP contribution in [0, 0.1) is 5.92 Å². The van der Waals surface area contributed by atoms with E-state index in [1.807, 2.05) is 6.07 Å². The number of hydrogen-bond donors (Lipinski definition) is 0. The van der Waals surface area contributed by atoms with Gasteiger partial charge in [-0.25, -0.2) is 0 Å². The Kier molecular flexibility index (Phi) is 6.23. The molecule has 21 heavy (non-hydrogen) atoms. The van der Waals surface area contributed by atoms with Gasteiger partial charge in [-0.3, -0.25) is 4.79 Å². The van der Waals surface area contributed by atoms with Crippen molar-refractivity contribution in [3.8, 4) is 0 Å². The van der Waals surface area contributed by atoms with Crippen molar-refractivity contribution in [2.45, 2.75) is 25.9 Å². The number of methoxy groups -OCH3 is 1. The first-order valence-electron chi connectivity index (χ1n) is 7.24. The first-order valence-corrected chi connectivity index (χ1v) is 8.41. The van der Waals surface area contributed by atoms with Gasteiger partial charge in [-0.1, -0.05) is 34.5 Å². The maximum absolute atomic E-state index is 12.3. The number of Topliss-reactive ketones (excluding diaryl/α,β-unsaturated/α-hetero) is 1. The lowest BCUT2D eigenvalue weighted by Gasteiger charge is -2.36. The molecular formula is C16H21BrClNO2. The molecule has 1 aliphatic rings. The highest BCUT2D eigenvalue weighted by Gasteiger charge is 2.26. The Labute approximate surface area is 139 Å². The van der Waals surface area contributed by atoms with Gasteiger partial charge in [-0.15, -0.1) is 0 Å². The SMILES string of the molecule is COC1CN(CCC(=O)c2ccc(Br)cc2Cl)CCC1C. The minimum atomic E-state index is 0.0973. The molecule has 0 N–H and O–H groups in total. The summed E-state index contributed by atoms with van der Waals surface area (Å²) in [6, 6.07) is 5.39. The normalized spacial score (nSPS) is 23.2. The molecule has 2 rings (SSSR count). The summed E-state index contributed by atoms with van der Waals surface area (Å²) in [6.45, 7) is 4.91. The van der Waals surface area contributed by atoms with E-state index in [4.69, 9.17) is 16.3 Å². The van der Waals surface area contributed by atoms with Crippen LogP contribution in [0.2, 0.25) is 5.02 Å². The zero-order valence-electron chi connectivity index (χ0n) is 12.4. The molecule has 1 fully saturated rings. The van der Waals surface area contributed by atoms with Crippen LogP contribution in [-0.2, 0) is 4.74 Å². The van der Waals surface area contributed by atoms with Crippen LogP contribution in [-0.4, -0.2) is 43.5 Å². The monoisotopic (exact) mass is 373 g/mol. The lowest BCUT2D eigenvalue weighted by Crippen LogP contribution is -2.44. The number of nitrogens with zero attached hydrogens (tertiary/aromatic N) is 1. The van der Waals surface area contributed by atoms with Gasteiger partial charge in [0.15, 0.2) is 5.78 Å².